The van der Waals surface area contributed by atoms with Crippen LogP contribution in [0.3, 0.4) is 0 Å². The van der Waals surface area contributed by atoms with Crippen LogP contribution < -0.4 is 10.5 Å². The van der Waals surface area contributed by atoms with Crippen molar-refractivity contribution in [3.8, 4) is 5.75 Å². The number of aromatic nitrogens is 2. The highest BCUT2D eigenvalue weighted by atomic mass is 16.5. The normalized spacial score (nSPS) is 14.8. The van der Waals surface area contributed by atoms with Gasteiger partial charge in [0.25, 0.3) is 0 Å². The van der Waals surface area contributed by atoms with Crippen LogP contribution in [-0.2, 0) is 4.74 Å². The van der Waals surface area contributed by atoms with E-state index in [9.17, 15) is 0 Å². The van der Waals surface area contributed by atoms with Gasteiger partial charge in [-0.25, -0.2) is 0 Å². The summed E-state index contributed by atoms with van der Waals surface area (Å²) in [4.78, 5) is 0. The molecule has 0 saturated carbocycles. The van der Waals surface area contributed by atoms with Gasteiger partial charge in [0.15, 0.2) is 5.75 Å². The molecule has 0 aliphatic rings. The number of nitrogens with two attached hydrogens (primary N) is 1. The van der Waals surface area contributed by atoms with Gasteiger partial charge >= 0.3 is 0 Å². The predicted octanol–water partition coefficient (Wildman–Crippen LogP) is 2.29. The number of rotatable bonds is 7. The minimum atomic E-state index is -0.227. The Kier molecular flexibility index (Phi) is 5.62. The first-order valence-electron chi connectivity index (χ1n) is 6.46. The van der Waals surface area contributed by atoms with Crippen LogP contribution in [0.1, 0.15) is 51.4 Å². The Bertz CT molecular complexity index is 363. The maximum Gasteiger partial charge on any atom is 0.161 e. The highest BCUT2D eigenvalue weighted by Gasteiger charge is 2.26. The number of methoxy groups -OCH3 is 2. The van der Waals surface area contributed by atoms with Crippen molar-refractivity contribution in [3.63, 3.8) is 0 Å². The first-order chi connectivity index (χ1) is 8.56. The summed E-state index contributed by atoms with van der Waals surface area (Å²) in [5.41, 5.74) is 7.24. The monoisotopic (exact) mass is 255 g/mol. The Morgan fingerprint density at radius 2 is 2.06 bits per heavy atom. The quantitative estimate of drug-likeness (QED) is 0.812. The molecule has 1 aromatic rings. The molecule has 2 N–H and O–H groups in total. The molecule has 0 bridgehead atoms. The molecule has 1 aromatic heterocycles. The van der Waals surface area contributed by atoms with Gasteiger partial charge in [-0.1, -0.05) is 13.3 Å². The van der Waals surface area contributed by atoms with E-state index >= 15 is 0 Å². The van der Waals surface area contributed by atoms with Crippen LogP contribution in [0.4, 0.5) is 0 Å². The maximum atomic E-state index is 6.33. The maximum absolute atomic E-state index is 6.33. The molecule has 0 aromatic carbocycles. The average Bonchev–Trinajstić information content (AvgIpc) is 2.78. The van der Waals surface area contributed by atoms with Crippen LogP contribution in [0.2, 0.25) is 0 Å². The first kappa shape index (κ1) is 15.0. The highest BCUT2D eigenvalue weighted by Crippen LogP contribution is 2.30. The third-order valence-electron chi connectivity index (χ3n) is 3.10. The van der Waals surface area contributed by atoms with Gasteiger partial charge < -0.3 is 15.2 Å². The van der Waals surface area contributed by atoms with Gasteiger partial charge in [-0.15, -0.1) is 0 Å². The molecular weight excluding hydrogens is 230 g/mol. The molecule has 5 heteroatoms. The van der Waals surface area contributed by atoms with Crippen molar-refractivity contribution in [1.82, 2.24) is 9.78 Å². The van der Waals surface area contributed by atoms with Crippen LogP contribution in [-0.4, -0.2) is 30.1 Å². The summed E-state index contributed by atoms with van der Waals surface area (Å²) in [5.74, 6) is 0.731. The van der Waals surface area contributed by atoms with E-state index < -0.39 is 0 Å². The number of ether oxygens (including phenoxy) is 2. The van der Waals surface area contributed by atoms with Crippen molar-refractivity contribution in [2.24, 2.45) is 5.73 Å². The molecule has 18 heavy (non-hydrogen) atoms. The molecule has 2 unspecified atom stereocenters. The first-order valence-corrected chi connectivity index (χ1v) is 6.46. The molecule has 5 nitrogen and oxygen atoms in total. The standard InChI is InChI=1S/C13H25N3O2/c1-6-7-10(17-4)12(14)13-11(18-5)8-15-16(13)9(2)3/h8-10,12H,6-7,14H2,1-5H3. The van der Waals surface area contributed by atoms with Gasteiger partial charge in [-0.05, 0) is 20.3 Å². The second-order valence-corrected chi connectivity index (χ2v) is 4.73. The SMILES string of the molecule is CCCC(OC)C(N)c1c(OC)cnn1C(C)C. The van der Waals surface area contributed by atoms with E-state index in [4.69, 9.17) is 15.2 Å². The van der Waals surface area contributed by atoms with Gasteiger partial charge in [-0.2, -0.15) is 5.10 Å². The van der Waals surface area contributed by atoms with E-state index in [0.717, 1.165) is 24.3 Å². The Labute approximate surface area is 109 Å². The number of nitrogens with zero attached hydrogens (tertiary/aromatic N) is 2. The third kappa shape index (κ3) is 3.03. The molecule has 0 spiro atoms. The molecular formula is C13H25N3O2. The number of hydrogen-bond acceptors (Lipinski definition) is 4. The molecule has 1 rings (SSSR count). The fourth-order valence-corrected chi connectivity index (χ4v) is 2.15. The summed E-state index contributed by atoms with van der Waals surface area (Å²) < 4.78 is 12.7. The largest absolute Gasteiger partial charge is 0.493 e. The lowest BCUT2D eigenvalue weighted by atomic mass is 10.0. The zero-order chi connectivity index (χ0) is 13.7. The topological polar surface area (TPSA) is 62.3 Å². The zero-order valence-electron chi connectivity index (χ0n) is 12.0. The Morgan fingerprint density at radius 3 is 2.50 bits per heavy atom. The summed E-state index contributed by atoms with van der Waals surface area (Å²) in [6.45, 7) is 6.27. The second kappa shape index (κ2) is 6.75. The fourth-order valence-electron chi connectivity index (χ4n) is 2.15. The lowest BCUT2D eigenvalue weighted by Gasteiger charge is -2.24. The van der Waals surface area contributed by atoms with Crippen molar-refractivity contribution >= 4 is 0 Å². The van der Waals surface area contributed by atoms with E-state index in [1.165, 1.54) is 0 Å². The number of hydrogen-bond donors (Lipinski definition) is 1. The minimum Gasteiger partial charge on any atom is -0.493 e. The molecule has 104 valence electrons. The summed E-state index contributed by atoms with van der Waals surface area (Å²) in [5, 5.41) is 4.34. The van der Waals surface area contributed by atoms with Gasteiger partial charge in [0, 0.05) is 13.2 Å². The highest BCUT2D eigenvalue weighted by molar-refractivity contribution is 5.29. The van der Waals surface area contributed by atoms with E-state index in [2.05, 4.69) is 25.9 Å². The van der Waals surface area contributed by atoms with Crippen LogP contribution >= 0.6 is 0 Å². The van der Waals surface area contributed by atoms with E-state index in [-0.39, 0.29) is 18.2 Å². The van der Waals surface area contributed by atoms with E-state index in [1.807, 2.05) is 4.68 Å². The Balaban J connectivity index is 3.08. The van der Waals surface area contributed by atoms with Crippen LogP contribution in [0.15, 0.2) is 6.20 Å². The molecule has 0 aliphatic heterocycles. The summed E-state index contributed by atoms with van der Waals surface area (Å²) in [6, 6.07) is 0.0175. The van der Waals surface area contributed by atoms with Gasteiger partial charge in [0.2, 0.25) is 0 Å². The fraction of sp³-hybridized carbons (Fsp3) is 0.769. The lowest BCUT2D eigenvalue weighted by Crippen LogP contribution is -2.31. The van der Waals surface area contributed by atoms with Gasteiger partial charge in [0.1, 0.15) is 5.69 Å². The summed E-state index contributed by atoms with van der Waals surface area (Å²) >= 11 is 0. The smallest absolute Gasteiger partial charge is 0.161 e. The average molecular weight is 255 g/mol. The van der Waals surface area contributed by atoms with Crippen LogP contribution in [0.5, 0.6) is 5.75 Å². The molecule has 2 atom stereocenters. The van der Waals surface area contributed by atoms with Gasteiger partial charge in [0.05, 0.1) is 25.5 Å². The molecule has 0 fully saturated rings. The van der Waals surface area contributed by atoms with Crippen molar-refractivity contribution < 1.29 is 9.47 Å². The second-order valence-electron chi connectivity index (χ2n) is 4.73. The van der Waals surface area contributed by atoms with Crippen LogP contribution in [0, 0.1) is 0 Å². The van der Waals surface area contributed by atoms with Gasteiger partial charge in [-0.3, -0.25) is 4.68 Å². The third-order valence-corrected chi connectivity index (χ3v) is 3.10. The van der Waals surface area contributed by atoms with E-state index in [1.54, 1.807) is 20.4 Å². The van der Waals surface area contributed by atoms with E-state index in [0.29, 0.717) is 0 Å². The Hall–Kier alpha value is -1.07. The van der Waals surface area contributed by atoms with Crippen molar-refractivity contribution in [2.75, 3.05) is 14.2 Å². The molecule has 0 aliphatic carbocycles. The molecule has 0 amide bonds. The predicted molar refractivity (Wildman–Crippen MR) is 71.8 cm³/mol. The van der Waals surface area contributed by atoms with Crippen LogP contribution in [0.25, 0.3) is 0 Å². The summed E-state index contributed by atoms with van der Waals surface area (Å²) in [7, 11) is 3.34. The summed E-state index contributed by atoms with van der Waals surface area (Å²) in [6.07, 6.45) is 3.65. The Morgan fingerprint density at radius 1 is 1.39 bits per heavy atom. The van der Waals surface area contributed by atoms with Crippen molar-refractivity contribution in [1.29, 1.82) is 0 Å². The molecule has 0 radical (unpaired) electrons. The zero-order valence-corrected chi connectivity index (χ0v) is 12.0. The molecule has 0 saturated heterocycles. The minimum absolute atomic E-state index is 0.0156. The lowest BCUT2D eigenvalue weighted by molar-refractivity contribution is 0.0689. The van der Waals surface area contributed by atoms with Crippen molar-refractivity contribution in [3.05, 3.63) is 11.9 Å². The van der Waals surface area contributed by atoms with Crippen molar-refractivity contribution in [2.45, 2.75) is 51.8 Å². The molecule has 1 heterocycles.